The van der Waals surface area contributed by atoms with E-state index in [1.165, 1.54) is 11.1 Å². The Hall–Kier alpha value is -2.96. The predicted octanol–water partition coefficient (Wildman–Crippen LogP) is 2.67. The second kappa shape index (κ2) is 8.81. The number of aryl methyl sites for hydroxylation is 3. The minimum Gasteiger partial charge on any atom is -0.353 e. The molecule has 1 aromatic carbocycles. The van der Waals surface area contributed by atoms with Crippen LogP contribution in [0.4, 0.5) is 0 Å². The van der Waals surface area contributed by atoms with Gasteiger partial charge in [0.05, 0.1) is 5.69 Å². The van der Waals surface area contributed by atoms with E-state index in [-0.39, 0.29) is 11.9 Å². The standard InChI is InChI=1S/C23H30N6O/c1-16-20(17(2)28(3)27-16)10-12-23(30)24-19-9-11-21-25-26-22(29(21)14-13-19)15-18-7-5-4-6-8-18/h4-8,19H,9-15H2,1-3H3,(H,24,30). The second-order valence-corrected chi connectivity index (χ2v) is 8.21. The van der Waals surface area contributed by atoms with Crippen LogP contribution in [0.15, 0.2) is 30.3 Å². The summed E-state index contributed by atoms with van der Waals surface area (Å²) in [6.07, 6.45) is 4.66. The molecular weight excluding hydrogens is 376 g/mol. The van der Waals surface area contributed by atoms with E-state index in [0.717, 1.165) is 61.7 Å². The third-order valence-corrected chi connectivity index (χ3v) is 6.15. The molecule has 1 N–H and O–H groups in total. The normalized spacial score (nSPS) is 16.2. The molecule has 4 rings (SSSR count). The zero-order chi connectivity index (χ0) is 21.1. The van der Waals surface area contributed by atoms with E-state index in [9.17, 15) is 4.79 Å². The SMILES string of the molecule is Cc1nn(C)c(C)c1CCC(=O)NC1CCc2nnc(Cc3ccccc3)n2CC1. The van der Waals surface area contributed by atoms with Crippen molar-refractivity contribution >= 4 is 5.91 Å². The molecule has 0 bridgehead atoms. The number of rotatable bonds is 6. The molecule has 0 spiro atoms. The van der Waals surface area contributed by atoms with Gasteiger partial charge in [-0.05, 0) is 44.2 Å². The van der Waals surface area contributed by atoms with Crippen molar-refractivity contribution in [2.45, 2.75) is 65.0 Å². The smallest absolute Gasteiger partial charge is 0.220 e. The van der Waals surface area contributed by atoms with Crippen LogP contribution < -0.4 is 5.32 Å². The van der Waals surface area contributed by atoms with E-state index in [1.54, 1.807) is 0 Å². The van der Waals surface area contributed by atoms with Crippen molar-refractivity contribution in [3.63, 3.8) is 0 Å². The summed E-state index contributed by atoms with van der Waals surface area (Å²) in [5.74, 6) is 2.15. The molecule has 1 aliphatic heterocycles. The summed E-state index contributed by atoms with van der Waals surface area (Å²) in [4.78, 5) is 12.6. The van der Waals surface area contributed by atoms with Crippen molar-refractivity contribution < 1.29 is 4.79 Å². The quantitative estimate of drug-likeness (QED) is 0.683. The third-order valence-electron chi connectivity index (χ3n) is 6.15. The zero-order valence-corrected chi connectivity index (χ0v) is 18.1. The summed E-state index contributed by atoms with van der Waals surface area (Å²) >= 11 is 0. The molecule has 1 unspecified atom stereocenters. The molecule has 3 heterocycles. The summed E-state index contributed by atoms with van der Waals surface area (Å²) in [6.45, 7) is 4.91. The molecule has 2 aromatic heterocycles. The molecule has 1 atom stereocenters. The molecule has 3 aromatic rings. The lowest BCUT2D eigenvalue weighted by Gasteiger charge is -2.16. The molecule has 7 heteroatoms. The van der Waals surface area contributed by atoms with E-state index in [4.69, 9.17) is 0 Å². The van der Waals surface area contributed by atoms with E-state index in [2.05, 4.69) is 56.4 Å². The van der Waals surface area contributed by atoms with Crippen LogP contribution in [0.5, 0.6) is 0 Å². The van der Waals surface area contributed by atoms with Gasteiger partial charge in [0.25, 0.3) is 0 Å². The number of carbonyl (C=O) groups is 1. The third kappa shape index (κ3) is 4.45. The van der Waals surface area contributed by atoms with Gasteiger partial charge in [0.15, 0.2) is 0 Å². The number of amides is 1. The highest BCUT2D eigenvalue weighted by Gasteiger charge is 2.22. The number of benzene rings is 1. The Labute approximate surface area is 177 Å². The molecule has 0 aliphatic carbocycles. The lowest BCUT2D eigenvalue weighted by Crippen LogP contribution is -2.35. The van der Waals surface area contributed by atoms with Gasteiger partial charge >= 0.3 is 0 Å². The van der Waals surface area contributed by atoms with Gasteiger partial charge in [-0.15, -0.1) is 10.2 Å². The van der Waals surface area contributed by atoms with Crippen LogP contribution >= 0.6 is 0 Å². The van der Waals surface area contributed by atoms with Crippen LogP contribution in [0.25, 0.3) is 0 Å². The first-order valence-corrected chi connectivity index (χ1v) is 10.7. The monoisotopic (exact) mass is 406 g/mol. The van der Waals surface area contributed by atoms with E-state index >= 15 is 0 Å². The van der Waals surface area contributed by atoms with Crippen LogP contribution in [0.3, 0.4) is 0 Å². The second-order valence-electron chi connectivity index (χ2n) is 8.21. The average molecular weight is 407 g/mol. The van der Waals surface area contributed by atoms with Crippen molar-refractivity contribution in [3.05, 3.63) is 64.5 Å². The van der Waals surface area contributed by atoms with Crippen LogP contribution in [0, 0.1) is 13.8 Å². The minimum atomic E-state index is 0.116. The Morgan fingerprint density at radius 1 is 1.17 bits per heavy atom. The van der Waals surface area contributed by atoms with Crippen molar-refractivity contribution in [2.24, 2.45) is 7.05 Å². The van der Waals surface area contributed by atoms with Crippen LogP contribution in [0.1, 0.15) is 53.4 Å². The number of fused-ring (bicyclic) bond motifs is 1. The Balaban J connectivity index is 1.32. The number of aromatic nitrogens is 5. The van der Waals surface area contributed by atoms with Gasteiger partial charge in [-0.25, -0.2) is 0 Å². The van der Waals surface area contributed by atoms with Gasteiger partial charge in [-0.1, -0.05) is 30.3 Å². The number of hydrogen-bond acceptors (Lipinski definition) is 4. The molecule has 0 saturated heterocycles. The van der Waals surface area contributed by atoms with Gasteiger partial charge in [0.1, 0.15) is 11.6 Å². The molecule has 158 valence electrons. The molecule has 30 heavy (non-hydrogen) atoms. The van der Waals surface area contributed by atoms with Gasteiger partial charge in [0, 0.05) is 44.6 Å². The van der Waals surface area contributed by atoms with Crippen molar-refractivity contribution in [1.82, 2.24) is 29.9 Å². The van der Waals surface area contributed by atoms with Gasteiger partial charge in [-0.2, -0.15) is 5.10 Å². The molecule has 0 fully saturated rings. The van der Waals surface area contributed by atoms with Crippen molar-refractivity contribution in [3.8, 4) is 0 Å². The first-order chi connectivity index (χ1) is 14.5. The van der Waals surface area contributed by atoms with E-state index < -0.39 is 0 Å². The molecule has 1 aliphatic rings. The maximum Gasteiger partial charge on any atom is 0.220 e. The van der Waals surface area contributed by atoms with Crippen LogP contribution in [0.2, 0.25) is 0 Å². The minimum absolute atomic E-state index is 0.116. The first-order valence-electron chi connectivity index (χ1n) is 10.7. The van der Waals surface area contributed by atoms with Crippen molar-refractivity contribution in [2.75, 3.05) is 0 Å². The Kier molecular flexibility index (Phi) is 5.97. The molecular formula is C23H30N6O. The predicted molar refractivity (Wildman–Crippen MR) is 115 cm³/mol. The summed E-state index contributed by atoms with van der Waals surface area (Å²) in [5, 5.41) is 16.5. The number of carbonyl (C=O) groups excluding carboxylic acids is 1. The lowest BCUT2D eigenvalue weighted by molar-refractivity contribution is -0.121. The van der Waals surface area contributed by atoms with Gasteiger partial charge in [-0.3, -0.25) is 9.48 Å². The first kappa shape index (κ1) is 20.3. The average Bonchev–Trinajstić information content (AvgIpc) is 3.13. The molecule has 0 radical (unpaired) electrons. The van der Waals surface area contributed by atoms with Gasteiger partial charge < -0.3 is 9.88 Å². The highest BCUT2D eigenvalue weighted by Crippen LogP contribution is 2.18. The van der Waals surface area contributed by atoms with E-state index in [0.29, 0.717) is 6.42 Å². The highest BCUT2D eigenvalue weighted by atomic mass is 16.1. The fourth-order valence-electron chi connectivity index (χ4n) is 4.32. The zero-order valence-electron chi connectivity index (χ0n) is 18.1. The summed E-state index contributed by atoms with van der Waals surface area (Å²) in [6, 6.07) is 10.5. The van der Waals surface area contributed by atoms with E-state index in [1.807, 2.05) is 24.7 Å². The summed E-state index contributed by atoms with van der Waals surface area (Å²) in [5.41, 5.74) is 4.58. The maximum absolute atomic E-state index is 12.6. The highest BCUT2D eigenvalue weighted by molar-refractivity contribution is 5.76. The Morgan fingerprint density at radius 2 is 1.97 bits per heavy atom. The Bertz CT molecular complexity index is 1020. The molecule has 7 nitrogen and oxygen atoms in total. The number of hydrogen-bond donors (Lipinski definition) is 1. The van der Waals surface area contributed by atoms with Crippen molar-refractivity contribution in [1.29, 1.82) is 0 Å². The van der Waals surface area contributed by atoms with Crippen LogP contribution in [-0.4, -0.2) is 36.5 Å². The number of nitrogens with one attached hydrogen (secondary N) is 1. The molecule has 1 amide bonds. The fraction of sp³-hybridized carbons (Fsp3) is 0.478. The molecule has 0 saturated carbocycles. The topological polar surface area (TPSA) is 77.6 Å². The van der Waals surface area contributed by atoms with Gasteiger partial charge in [0.2, 0.25) is 5.91 Å². The maximum atomic E-state index is 12.6. The van der Waals surface area contributed by atoms with Crippen LogP contribution in [-0.2, 0) is 37.6 Å². The summed E-state index contributed by atoms with van der Waals surface area (Å²) in [7, 11) is 1.95. The Morgan fingerprint density at radius 3 is 2.70 bits per heavy atom. The largest absolute Gasteiger partial charge is 0.353 e. The lowest BCUT2D eigenvalue weighted by atomic mass is 10.1. The number of nitrogens with zero attached hydrogens (tertiary/aromatic N) is 5. The fourth-order valence-corrected chi connectivity index (χ4v) is 4.32. The summed E-state index contributed by atoms with van der Waals surface area (Å²) < 4.78 is 4.12.